The molecule has 0 aliphatic heterocycles. The minimum Gasteiger partial charge on any atom is -0.504 e. The number of hydrogen-bond donors (Lipinski definition) is 1. The molecule has 0 aliphatic rings. The van der Waals surface area contributed by atoms with E-state index in [1.807, 2.05) is 0 Å². The SMILES string of the molecule is CCCCC[C@H](CCCC)[C@H](CC(=O)CCc1ccc(O)c(OC)c1)OC(C)=O. The zero-order valence-corrected chi connectivity index (χ0v) is 18.5. The summed E-state index contributed by atoms with van der Waals surface area (Å²) in [5.41, 5.74) is 0.933. The molecule has 1 rings (SSSR count). The molecule has 29 heavy (non-hydrogen) atoms. The molecule has 0 saturated heterocycles. The van der Waals surface area contributed by atoms with E-state index in [0.29, 0.717) is 18.6 Å². The molecule has 0 spiro atoms. The molecular formula is C24H38O5. The summed E-state index contributed by atoms with van der Waals surface area (Å²) in [7, 11) is 1.50. The van der Waals surface area contributed by atoms with Gasteiger partial charge in [0.2, 0.25) is 0 Å². The van der Waals surface area contributed by atoms with Crippen LogP contribution >= 0.6 is 0 Å². The summed E-state index contributed by atoms with van der Waals surface area (Å²) in [4.78, 5) is 24.3. The molecule has 0 fully saturated rings. The second kappa shape index (κ2) is 14.0. The first-order valence-electron chi connectivity index (χ1n) is 11.0. The van der Waals surface area contributed by atoms with Crippen LogP contribution < -0.4 is 4.74 Å². The molecule has 1 aromatic rings. The highest BCUT2D eigenvalue weighted by atomic mass is 16.5. The topological polar surface area (TPSA) is 72.8 Å². The van der Waals surface area contributed by atoms with Gasteiger partial charge in [-0.25, -0.2) is 0 Å². The van der Waals surface area contributed by atoms with Gasteiger partial charge in [-0.1, -0.05) is 52.0 Å². The molecular weight excluding hydrogens is 368 g/mol. The third-order valence-corrected chi connectivity index (χ3v) is 5.32. The number of unbranched alkanes of at least 4 members (excludes halogenated alkanes) is 3. The van der Waals surface area contributed by atoms with Crippen LogP contribution in [0.1, 0.15) is 84.1 Å². The van der Waals surface area contributed by atoms with Crippen molar-refractivity contribution in [2.24, 2.45) is 5.92 Å². The van der Waals surface area contributed by atoms with Crippen LogP contribution in [0.25, 0.3) is 0 Å². The molecule has 164 valence electrons. The van der Waals surface area contributed by atoms with Gasteiger partial charge in [0.05, 0.1) is 7.11 Å². The Bertz CT molecular complexity index is 626. The van der Waals surface area contributed by atoms with E-state index in [9.17, 15) is 14.7 Å². The van der Waals surface area contributed by atoms with E-state index >= 15 is 0 Å². The van der Waals surface area contributed by atoms with Crippen LogP contribution in [0.4, 0.5) is 0 Å². The molecule has 2 atom stereocenters. The van der Waals surface area contributed by atoms with Crippen molar-refractivity contribution >= 4 is 11.8 Å². The first kappa shape index (κ1) is 25.0. The number of ether oxygens (including phenoxy) is 2. The second-order valence-electron chi connectivity index (χ2n) is 7.79. The number of phenolic OH excluding ortho intramolecular Hbond substituents is 1. The van der Waals surface area contributed by atoms with Crippen molar-refractivity contribution in [1.82, 2.24) is 0 Å². The third-order valence-electron chi connectivity index (χ3n) is 5.32. The lowest BCUT2D eigenvalue weighted by Crippen LogP contribution is -2.29. The summed E-state index contributed by atoms with van der Waals surface area (Å²) in [6.45, 7) is 5.75. The molecule has 5 heteroatoms. The fourth-order valence-corrected chi connectivity index (χ4v) is 3.64. The lowest BCUT2D eigenvalue weighted by atomic mass is 9.87. The number of methoxy groups -OCH3 is 1. The predicted octanol–water partition coefficient (Wildman–Crippen LogP) is 5.61. The van der Waals surface area contributed by atoms with E-state index in [1.54, 1.807) is 18.2 Å². The Morgan fingerprint density at radius 1 is 1.07 bits per heavy atom. The number of ketones is 1. The summed E-state index contributed by atoms with van der Waals surface area (Å²) in [6.07, 6.45) is 8.44. The van der Waals surface area contributed by atoms with Crippen molar-refractivity contribution in [3.63, 3.8) is 0 Å². The standard InChI is InChI=1S/C24H38O5/c1-5-7-9-11-20(10-8-6-2)23(29-18(3)25)17-21(26)14-12-19-13-15-22(27)24(16-19)28-4/h13,15-16,20,23,27H,5-12,14,17H2,1-4H3/t20-,23-/m0/s1. The first-order valence-corrected chi connectivity index (χ1v) is 11.0. The van der Waals surface area contributed by atoms with Gasteiger partial charge in [0.1, 0.15) is 11.9 Å². The van der Waals surface area contributed by atoms with E-state index < -0.39 is 0 Å². The zero-order chi connectivity index (χ0) is 21.6. The van der Waals surface area contributed by atoms with Gasteiger partial charge in [-0.2, -0.15) is 0 Å². The van der Waals surface area contributed by atoms with Crippen molar-refractivity contribution in [2.45, 2.75) is 91.1 Å². The maximum atomic E-state index is 12.7. The molecule has 0 unspecified atom stereocenters. The number of rotatable bonds is 15. The molecule has 0 radical (unpaired) electrons. The number of carbonyl (C=O) groups excluding carboxylic acids is 2. The molecule has 0 amide bonds. The smallest absolute Gasteiger partial charge is 0.302 e. The van der Waals surface area contributed by atoms with Crippen LogP contribution in [-0.4, -0.2) is 30.1 Å². The Morgan fingerprint density at radius 2 is 1.76 bits per heavy atom. The fourth-order valence-electron chi connectivity index (χ4n) is 3.64. The Hall–Kier alpha value is -2.04. The Morgan fingerprint density at radius 3 is 2.38 bits per heavy atom. The van der Waals surface area contributed by atoms with Gasteiger partial charge in [0.15, 0.2) is 11.5 Å². The number of Topliss-reactive ketones (excluding diaryl/α,β-unsaturated/α-hetero) is 1. The van der Waals surface area contributed by atoms with Crippen LogP contribution in [0.3, 0.4) is 0 Å². The monoisotopic (exact) mass is 406 g/mol. The van der Waals surface area contributed by atoms with Gasteiger partial charge >= 0.3 is 5.97 Å². The van der Waals surface area contributed by atoms with E-state index in [-0.39, 0.29) is 35.9 Å². The number of benzene rings is 1. The minimum atomic E-state index is -0.335. The minimum absolute atomic E-state index is 0.0864. The third kappa shape index (κ3) is 9.82. The summed E-state index contributed by atoms with van der Waals surface area (Å²) < 4.78 is 10.7. The molecule has 1 N–H and O–H groups in total. The summed E-state index contributed by atoms with van der Waals surface area (Å²) in [5, 5.41) is 9.70. The molecule has 0 bridgehead atoms. The number of hydrogen-bond acceptors (Lipinski definition) is 5. The van der Waals surface area contributed by atoms with Crippen molar-refractivity contribution in [3.8, 4) is 11.5 Å². The Kier molecular flexibility index (Phi) is 12.1. The van der Waals surface area contributed by atoms with E-state index in [0.717, 1.165) is 50.5 Å². The second-order valence-corrected chi connectivity index (χ2v) is 7.79. The zero-order valence-electron chi connectivity index (χ0n) is 18.5. The van der Waals surface area contributed by atoms with E-state index in [4.69, 9.17) is 9.47 Å². The summed E-state index contributed by atoms with van der Waals surface area (Å²) in [6, 6.07) is 5.12. The lowest BCUT2D eigenvalue weighted by molar-refractivity contribution is -0.151. The number of phenols is 1. The molecule has 1 aromatic carbocycles. The number of aryl methyl sites for hydroxylation is 1. The maximum Gasteiger partial charge on any atom is 0.302 e. The van der Waals surface area contributed by atoms with Crippen LogP contribution in [-0.2, 0) is 20.7 Å². The lowest BCUT2D eigenvalue weighted by Gasteiger charge is -2.26. The molecule has 0 aromatic heterocycles. The average Bonchev–Trinajstić information content (AvgIpc) is 2.69. The normalized spacial score (nSPS) is 13.0. The van der Waals surface area contributed by atoms with Crippen LogP contribution in [0, 0.1) is 5.92 Å². The number of esters is 1. The van der Waals surface area contributed by atoms with E-state index in [1.165, 1.54) is 14.0 Å². The van der Waals surface area contributed by atoms with Gasteiger partial charge in [0, 0.05) is 19.8 Å². The fraction of sp³-hybridized carbons (Fsp3) is 0.667. The highest BCUT2D eigenvalue weighted by Gasteiger charge is 2.26. The van der Waals surface area contributed by atoms with Crippen molar-refractivity contribution in [3.05, 3.63) is 23.8 Å². The maximum absolute atomic E-state index is 12.7. The summed E-state index contributed by atoms with van der Waals surface area (Å²) in [5.74, 6) is 0.512. The molecule has 5 nitrogen and oxygen atoms in total. The Labute approximate surface area is 175 Å². The van der Waals surface area contributed by atoms with Crippen LogP contribution in [0.2, 0.25) is 0 Å². The van der Waals surface area contributed by atoms with Crippen LogP contribution in [0.15, 0.2) is 18.2 Å². The Balaban J connectivity index is 2.72. The van der Waals surface area contributed by atoms with Crippen molar-refractivity contribution in [1.29, 1.82) is 0 Å². The number of carbonyl (C=O) groups is 2. The first-order chi connectivity index (χ1) is 13.9. The van der Waals surface area contributed by atoms with Gasteiger partial charge in [-0.05, 0) is 42.9 Å². The highest BCUT2D eigenvalue weighted by Crippen LogP contribution is 2.28. The van der Waals surface area contributed by atoms with Crippen molar-refractivity contribution < 1.29 is 24.2 Å². The summed E-state index contributed by atoms with van der Waals surface area (Å²) >= 11 is 0. The largest absolute Gasteiger partial charge is 0.504 e. The van der Waals surface area contributed by atoms with Crippen molar-refractivity contribution in [2.75, 3.05) is 7.11 Å². The van der Waals surface area contributed by atoms with Gasteiger partial charge < -0.3 is 14.6 Å². The quantitative estimate of drug-likeness (QED) is 0.303. The van der Waals surface area contributed by atoms with E-state index in [2.05, 4.69) is 13.8 Å². The average molecular weight is 407 g/mol. The van der Waals surface area contributed by atoms with Crippen LogP contribution in [0.5, 0.6) is 11.5 Å². The molecule has 0 heterocycles. The molecule has 0 saturated carbocycles. The van der Waals surface area contributed by atoms with Gasteiger partial charge in [-0.15, -0.1) is 0 Å². The highest BCUT2D eigenvalue weighted by molar-refractivity contribution is 5.79. The number of aromatic hydroxyl groups is 1. The predicted molar refractivity (Wildman–Crippen MR) is 115 cm³/mol. The van der Waals surface area contributed by atoms with Gasteiger partial charge in [0.25, 0.3) is 0 Å². The molecule has 0 aliphatic carbocycles. The van der Waals surface area contributed by atoms with Gasteiger partial charge in [-0.3, -0.25) is 9.59 Å².